The molecule has 3 heterocycles. The van der Waals surface area contributed by atoms with Crippen molar-refractivity contribution in [2.75, 3.05) is 7.05 Å². The number of nitrogens with two attached hydrogens (primary N) is 1. The Morgan fingerprint density at radius 1 is 1.07 bits per heavy atom. The molecule has 6 heteroatoms. The Kier molecular flexibility index (Phi) is 3.65. The van der Waals surface area contributed by atoms with Gasteiger partial charge in [0.2, 0.25) is 5.90 Å². The van der Waals surface area contributed by atoms with Crippen LogP contribution in [0.15, 0.2) is 58.8 Å². The van der Waals surface area contributed by atoms with Crippen LogP contribution >= 0.6 is 11.3 Å². The van der Waals surface area contributed by atoms with Gasteiger partial charge in [0, 0.05) is 21.9 Å². The number of aliphatic imine (C=N–C) groups is 1. The molecule has 0 radical (unpaired) electrons. The highest BCUT2D eigenvalue weighted by molar-refractivity contribution is 7.32. The van der Waals surface area contributed by atoms with Crippen LogP contribution in [0.3, 0.4) is 0 Å². The Hall–Kier alpha value is -2.73. The van der Waals surface area contributed by atoms with Gasteiger partial charge in [0.25, 0.3) is 6.71 Å². The lowest BCUT2D eigenvalue weighted by Gasteiger charge is -2.30. The lowest BCUT2D eigenvalue weighted by molar-refractivity contribution is 0.415. The predicted octanol–water partition coefficient (Wildman–Crippen LogP) is 3.33. The third-order valence-electron chi connectivity index (χ3n) is 5.43. The van der Waals surface area contributed by atoms with Gasteiger partial charge in [-0.2, -0.15) is 0 Å². The molecule has 2 aliphatic heterocycles. The summed E-state index contributed by atoms with van der Waals surface area (Å²) in [6.45, 7) is 6.65. The largest absolute Gasteiger partial charge is 0.443 e. The molecule has 2 aliphatic rings. The van der Waals surface area contributed by atoms with Crippen molar-refractivity contribution < 1.29 is 9.47 Å². The number of ether oxygens (including phenoxy) is 2. The highest BCUT2D eigenvalue weighted by atomic mass is 32.1. The second kappa shape index (κ2) is 5.88. The summed E-state index contributed by atoms with van der Waals surface area (Å²) in [6, 6.07) is 14.7. The van der Waals surface area contributed by atoms with Gasteiger partial charge in [0.15, 0.2) is 5.88 Å². The molecular weight excluding hydrogens is 367 g/mol. The Bertz CT molecular complexity index is 1190. The number of fused-ring (bicyclic) bond motifs is 7. The highest BCUT2D eigenvalue weighted by Crippen LogP contribution is 2.39. The average molecular weight is 388 g/mol. The maximum atomic E-state index is 6.30. The second-order valence-electron chi connectivity index (χ2n) is 8.24. The normalized spacial score (nSPS) is 17.1. The van der Waals surface area contributed by atoms with Crippen molar-refractivity contribution in [2.24, 2.45) is 10.7 Å². The van der Waals surface area contributed by atoms with E-state index in [-0.39, 0.29) is 12.1 Å². The zero-order valence-electron chi connectivity index (χ0n) is 16.4. The first-order chi connectivity index (χ1) is 13.4. The summed E-state index contributed by atoms with van der Waals surface area (Å²) in [6.07, 6.45) is 0. The van der Waals surface area contributed by atoms with E-state index in [1.54, 1.807) is 18.4 Å². The maximum absolute atomic E-state index is 6.30. The SMILES string of the molecule is CN=C1Oc2c(sc3ccc(C(C)(C)C)cc23)B2C1=C(N)Oc1ccccc12. The summed E-state index contributed by atoms with van der Waals surface area (Å²) in [5.41, 5.74) is 9.57. The molecule has 0 saturated carbocycles. The van der Waals surface area contributed by atoms with E-state index >= 15 is 0 Å². The standard InChI is InChI=1S/C22H21BN2O2S/c1-22(2,3)12-9-10-16-13(11-12)18-19(28-16)23-14-7-5-6-8-15(14)26-20(24)17(23)21(25-4)27-18/h5-11H,24H2,1-4H3. The van der Waals surface area contributed by atoms with E-state index in [2.05, 4.69) is 50.0 Å². The number of hydrogen-bond acceptors (Lipinski definition) is 5. The molecule has 0 spiro atoms. The molecule has 28 heavy (non-hydrogen) atoms. The minimum absolute atomic E-state index is 0.0251. The van der Waals surface area contributed by atoms with Gasteiger partial charge >= 0.3 is 0 Å². The van der Waals surface area contributed by atoms with Crippen LogP contribution in [0.5, 0.6) is 11.5 Å². The summed E-state index contributed by atoms with van der Waals surface area (Å²) in [4.78, 5) is 4.39. The zero-order valence-corrected chi connectivity index (χ0v) is 17.2. The second-order valence-corrected chi connectivity index (χ2v) is 9.32. The highest BCUT2D eigenvalue weighted by Gasteiger charge is 2.44. The average Bonchev–Trinajstić information content (AvgIpc) is 3.04. The fourth-order valence-corrected chi connectivity index (χ4v) is 5.20. The van der Waals surface area contributed by atoms with Crippen LogP contribution in [-0.4, -0.2) is 19.7 Å². The third kappa shape index (κ3) is 2.41. The number of benzene rings is 2. The van der Waals surface area contributed by atoms with Crippen molar-refractivity contribution in [3.05, 3.63) is 59.4 Å². The van der Waals surface area contributed by atoms with E-state index in [4.69, 9.17) is 15.2 Å². The predicted molar refractivity (Wildman–Crippen MR) is 118 cm³/mol. The van der Waals surface area contributed by atoms with Crippen LogP contribution in [-0.2, 0) is 5.41 Å². The molecule has 0 bridgehead atoms. The number of nitrogens with zero attached hydrogens (tertiary/aromatic N) is 1. The summed E-state index contributed by atoms with van der Waals surface area (Å²) in [5.74, 6) is 2.59. The Morgan fingerprint density at radius 2 is 1.86 bits per heavy atom. The van der Waals surface area contributed by atoms with Crippen molar-refractivity contribution in [3.63, 3.8) is 0 Å². The first-order valence-corrected chi connectivity index (χ1v) is 10.2. The van der Waals surface area contributed by atoms with Gasteiger partial charge in [-0.15, -0.1) is 11.3 Å². The fraction of sp³-hybridized carbons (Fsp3) is 0.227. The van der Waals surface area contributed by atoms with Crippen molar-refractivity contribution in [2.45, 2.75) is 26.2 Å². The zero-order chi connectivity index (χ0) is 19.6. The molecule has 4 nitrogen and oxygen atoms in total. The third-order valence-corrected chi connectivity index (χ3v) is 6.65. The molecule has 140 valence electrons. The van der Waals surface area contributed by atoms with Crippen molar-refractivity contribution in [3.8, 4) is 11.5 Å². The van der Waals surface area contributed by atoms with Gasteiger partial charge < -0.3 is 15.2 Å². The first kappa shape index (κ1) is 17.4. The van der Waals surface area contributed by atoms with E-state index in [1.807, 2.05) is 18.2 Å². The molecule has 5 rings (SSSR count). The summed E-state index contributed by atoms with van der Waals surface area (Å²) in [5, 5.41) is 1.13. The van der Waals surface area contributed by atoms with Crippen LogP contribution in [0.1, 0.15) is 26.3 Å². The molecule has 2 aromatic carbocycles. The van der Waals surface area contributed by atoms with Crippen LogP contribution in [0.4, 0.5) is 0 Å². The number of para-hydroxylation sites is 1. The van der Waals surface area contributed by atoms with E-state index < -0.39 is 0 Å². The molecule has 0 saturated heterocycles. The molecule has 2 N–H and O–H groups in total. The van der Waals surface area contributed by atoms with Crippen LogP contribution in [0.2, 0.25) is 0 Å². The molecule has 0 atom stereocenters. The van der Waals surface area contributed by atoms with Crippen molar-refractivity contribution in [1.82, 2.24) is 0 Å². The lowest BCUT2D eigenvalue weighted by atomic mass is 9.37. The summed E-state index contributed by atoms with van der Waals surface area (Å²) in [7, 11) is 1.73. The topological polar surface area (TPSA) is 56.8 Å². The van der Waals surface area contributed by atoms with Crippen LogP contribution in [0.25, 0.3) is 10.1 Å². The monoisotopic (exact) mass is 388 g/mol. The molecule has 0 unspecified atom stereocenters. The Balaban J connectivity index is 1.82. The van der Waals surface area contributed by atoms with Gasteiger partial charge in [-0.1, -0.05) is 45.0 Å². The smallest absolute Gasteiger partial charge is 0.277 e. The molecule has 0 amide bonds. The Labute approximate surface area is 168 Å². The van der Waals surface area contributed by atoms with Gasteiger partial charge in [0.1, 0.15) is 11.5 Å². The van der Waals surface area contributed by atoms with Crippen LogP contribution in [0, 0.1) is 0 Å². The van der Waals surface area contributed by atoms with E-state index in [1.165, 1.54) is 10.3 Å². The fourth-order valence-electron chi connectivity index (χ4n) is 3.96. The quantitative estimate of drug-likeness (QED) is 0.601. The first-order valence-electron chi connectivity index (χ1n) is 9.37. The van der Waals surface area contributed by atoms with Crippen LogP contribution < -0.4 is 25.4 Å². The maximum Gasteiger partial charge on any atom is 0.277 e. The lowest BCUT2D eigenvalue weighted by Crippen LogP contribution is -2.54. The molecule has 0 fully saturated rings. The van der Waals surface area contributed by atoms with E-state index in [9.17, 15) is 0 Å². The summed E-state index contributed by atoms with van der Waals surface area (Å²) >= 11 is 1.76. The van der Waals surface area contributed by atoms with Crippen molar-refractivity contribution in [1.29, 1.82) is 0 Å². The van der Waals surface area contributed by atoms with E-state index in [0.717, 1.165) is 32.6 Å². The number of hydrogen-bond donors (Lipinski definition) is 1. The summed E-state index contributed by atoms with van der Waals surface area (Å²) < 4.78 is 14.5. The van der Waals surface area contributed by atoms with Gasteiger partial charge in [-0.05, 0) is 34.6 Å². The molecular formula is C22H21BN2O2S. The minimum Gasteiger partial charge on any atom is -0.443 e. The van der Waals surface area contributed by atoms with Gasteiger partial charge in [0.05, 0.1) is 5.47 Å². The van der Waals surface area contributed by atoms with Gasteiger partial charge in [-0.3, -0.25) is 4.99 Å². The Morgan fingerprint density at radius 3 is 2.61 bits per heavy atom. The van der Waals surface area contributed by atoms with Gasteiger partial charge in [-0.25, -0.2) is 0 Å². The molecule has 0 aliphatic carbocycles. The molecule has 1 aromatic heterocycles. The molecule has 3 aromatic rings. The van der Waals surface area contributed by atoms with Crippen molar-refractivity contribution >= 4 is 44.3 Å². The number of thiophene rings is 1. The number of rotatable bonds is 0. The van der Waals surface area contributed by atoms with E-state index in [0.29, 0.717) is 11.8 Å². The minimum atomic E-state index is -0.0251.